The van der Waals surface area contributed by atoms with Crippen LogP contribution < -0.4 is 28.4 Å². The van der Waals surface area contributed by atoms with E-state index < -0.39 is 0 Å². The molecule has 0 aliphatic carbocycles. The number of furan rings is 1. The van der Waals surface area contributed by atoms with E-state index in [1.807, 2.05) is 36.5 Å². The molecule has 36 heteroatoms. The third-order valence-electron chi connectivity index (χ3n) is 21.3. The largest absolute Gasteiger partial charge is 0.450 e. The third kappa shape index (κ3) is 40.9. The predicted octanol–water partition coefficient (Wildman–Crippen LogP) is 26.4. The summed E-state index contributed by atoms with van der Waals surface area (Å²) in [4.78, 5) is 35.7. The van der Waals surface area contributed by atoms with Crippen LogP contribution >= 0.6 is 68.0 Å². The molecule has 0 aliphatic rings. The minimum absolute atomic E-state index is 0.0754. The van der Waals surface area contributed by atoms with Crippen molar-refractivity contribution in [3.05, 3.63) is 56.8 Å². The number of hydrogen-bond acceptors (Lipinski definition) is 32. The molecule has 126 heavy (non-hydrogen) atoms. The number of aryl methyl sites for hydroxylation is 12. The maximum absolute atomic E-state index is 7.83. The van der Waals surface area contributed by atoms with Crippen molar-refractivity contribution in [1.82, 2.24) is 29.9 Å². The maximum atomic E-state index is 7.83. The summed E-state index contributed by atoms with van der Waals surface area (Å²) in [5.41, 5.74) is 7.69. The van der Waals surface area contributed by atoms with Crippen LogP contribution in [0.3, 0.4) is 0 Å². The average molecular weight is 2330 g/mol. The SMILES string of the molecule is CCCCC(CC)COc1nc2c(C)[se]c(C)c2s1.CCCCC(CC)COc1nc2c(C)[te]c(C)c2s1.CCCCC(CC)COc1nc2c(C)oc(C)c2s1.CCCCC(CC)COc1nc2c(C)sc(C)c2[se]1.CCCCC(CC)COc1nc2c(C)sc(C)c2[te]1.CCCCC(CC)COc1nc2c(C)sc(C)c2o1.O=S.O=S.O=S.O=S.O=S.O=S. The van der Waals surface area contributed by atoms with Crippen LogP contribution in [-0.4, -0.2) is 165 Å². The Balaban J connectivity index is 0.000000737. The number of fused-ring (bicyclic) bond motifs is 6. The van der Waals surface area contributed by atoms with Gasteiger partial charge in [0.2, 0.25) is 0 Å². The molecule has 6 atom stereocenters. The van der Waals surface area contributed by atoms with Crippen molar-refractivity contribution >= 4 is 274 Å². The first-order valence-electron chi connectivity index (χ1n) is 43.9. The summed E-state index contributed by atoms with van der Waals surface area (Å²) >= 11 is 28.0. The minimum atomic E-state index is -0.349. The van der Waals surface area contributed by atoms with Gasteiger partial charge in [0.05, 0.1) is 17.9 Å². The fraction of sp³-hybridized carbons (Fsp3) is 0.667. The van der Waals surface area contributed by atoms with Gasteiger partial charge in [-0.25, -0.2) is 0 Å². The van der Waals surface area contributed by atoms with Crippen LogP contribution in [0, 0.1) is 119 Å². The molecule has 708 valence electrons. The van der Waals surface area contributed by atoms with Gasteiger partial charge in [0, 0.05) is 9.75 Å². The van der Waals surface area contributed by atoms with Gasteiger partial charge in [-0.3, -0.25) is 0 Å². The van der Waals surface area contributed by atoms with Crippen molar-refractivity contribution in [2.75, 3.05) is 39.6 Å². The summed E-state index contributed by atoms with van der Waals surface area (Å²) in [6.07, 6.45) is 30.5. The van der Waals surface area contributed by atoms with E-state index in [0.717, 1.165) is 96.5 Å². The summed E-state index contributed by atoms with van der Waals surface area (Å²) in [5, 5.41) is 2.53. The zero-order valence-corrected chi connectivity index (χ0v) is 96.5. The quantitative estimate of drug-likeness (QED) is 0.0322. The van der Waals surface area contributed by atoms with Crippen molar-refractivity contribution in [3.63, 3.8) is 0 Å². The molecule has 0 amide bonds. The fourth-order valence-corrected chi connectivity index (χ4v) is 30.6. The van der Waals surface area contributed by atoms with E-state index in [4.69, 9.17) is 72.5 Å². The number of thiazole rings is 3. The number of rotatable bonds is 42. The van der Waals surface area contributed by atoms with Gasteiger partial charge in [0.15, 0.2) is 80.8 Å². The first-order valence-corrected chi connectivity index (χ1v) is 58.9. The fourth-order valence-electron chi connectivity index (χ4n) is 13.5. The molecule has 12 aromatic rings. The Kier molecular flexibility index (Phi) is 68.4. The maximum Gasteiger partial charge on any atom is 0.394 e. The minimum Gasteiger partial charge on any atom is -0.450 e. The average Bonchev–Trinajstić information content (AvgIpc) is 1.69. The number of ether oxygens (including phenoxy) is 6. The van der Waals surface area contributed by atoms with Gasteiger partial charge < -0.3 is 18.3 Å². The van der Waals surface area contributed by atoms with Gasteiger partial charge in [0.1, 0.15) is 22.6 Å². The van der Waals surface area contributed by atoms with Crippen LogP contribution in [0.25, 0.3) is 60.4 Å². The van der Waals surface area contributed by atoms with Gasteiger partial charge in [-0.1, -0.05) is 77.6 Å². The molecule has 12 rings (SSSR count). The molecule has 0 saturated heterocycles. The Hall–Kier alpha value is -2.64. The molecule has 0 aliphatic heterocycles. The van der Waals surface area contributed by atoms with Crippen LogP contribution in [0.1, 0.15) is 294 Å². The number of aromatic nitrogens is 6. The molecule has 0 spiro atoms. The monoisotopic (exact) mass is 2330 g/mol. The first-order chi connectivity index (χ1) is 60.9. The van der Waals surface area contributed by atoms with Crippen molar-refractivity contribution in [3.8, 4) is 30.3 Å². The molecule has 0 N–H and O–H groups in total. The molecular formula is C90H138N6O14S12Se2Te2. The van der Waals surface area contributed by atoms with Crippen LogP contribution in [0.4, 0.5) is 0 Å². The van der Waals surface area contributed by atoms with E-state index >= 15 is 0 Å². The van der Waals surface area contributed by atoms with E-state index in [9.17, 15) is 0 Å². The molecule has 12 aromatic heterocycles. The second kappa shape index (κ2) is 71.0. The third-order valence-corrected chi connectivity index (χ3v) is 39.3. The topological polar surface area (TPSA) is 261 Å². The Morgan fingerprint density at radius 1 is 0.317 bits per heavy atom. The van der Waals surface area contributed by atoms with E-state index in [1.165, 1.54) is 229 Å². The van der Waals surface area contributed by atoms with Gasteiger partial charge in [0.25, 0.3) is 5.19 Å². The zero-order valence-electron chi connectivity index (χ0n) is 78.6. The molecule has 0 saturated carbocycles. The molecule has 20 nitrogen and oxygen atoms in total. The van der Waals surface area contributed by atoms with Gasteiger partial charge >= 0.3 is 517 Å². The smallest absolute Gasteiger partial charge is 0.394 e. The number of unbranched alkanes of at least 4 members (excludes halogenated alkanes) is 6. The molecular weight excluding hydrogens is 2190 g/mol. The van der Waals surface area contributed by atoms with Crippen LogP contribution in [0.5, 0.6) is 30.3 Å². The Morgan fingerprint density at radius 3 is 1.10 bits per heavy atom. The van der Waals surface area contributed by atoms with Gasteiger partial charge in [-0.05, 0) is 52.4 Å². The van der Waals surface area contributed by atoms with E-state index in [0.29, 0.717) is 77.2 Å². The summed E-state index contributed by atoms with van der Waals surface area (Å²) < 4.78 is 109. The Morgan fingerprint density at radius 2 is 0.698 bits per heavy atom. The van der Waals surface area contributed by atoms with E-state index in [-0.39, 0.29) is 40.9 Å². The Bertz CT molecular complexity index is 3880. The summed E-state index contributed by atoms with van der Waals surface area (Å²) in [7, 11) is 0. The number of hydrogen-bond donors (Lipinski definition) is 0. The first kappa shape index (κ1) is 121. The van der Waals surface area contributed by atoms with Crippen LogP contribution in [-0.2, 0) is 75.2 Å². The Labute approximate surface area is 839 Å². The van der Waals surface area contributed by atoms with Gasteiger partial charge in [-0.2, -0.15) is 35.2 Å². The molecule has 0 aromatic carbocycles. The van der Waals surface area contributed by atoms with E-state index in [2.05, 4.69) is 247 Å². The molecule has 6 unspecified atom stereocenters. The predicted molar refractivity (Wildman–Crippen MR) is 549 cm³/mol. The molecule has 0 radical (unpaired) electrons. The van der Waals surface area contributed by atoms with Crippen LogP contribution in [0.2, 0.25) is 0 Å². The van der Waals surface area contributed by atoms with Crippen molar-refractivity contribution in [2.24, 2.45) is 35.5 Å². The van der Waals surface area contributed by atoms with Gasteiger partial charge in [-0.15, -0.1) is 11.3 Å². The van der Waals surface area contributed by atoms with E-state index in [1.54, 1.807) is 48.9 Å². The molecule has 0 bridgehead atoms. The summed E-state index contributed by atoms with van der Waals surface area (Å²) in [6.45, 7) is 57.5. The second-order valence-electron chi connectivity index (χ2n) is 30.6. The van der Waals surface area contributed by atoms with Crippen molar-refractivity contribution in [2.45, 2.75) is 320 Å². The number of thiophene rings is 3. The molecule has 0 fully saturated rings. The summed E-state index contributed by atoms with van der Waals surface area (Å²) in [6, 6.07) is 0. The number of oxazole rings is 1. The molecule has 12 heterocycles. The zero-order chi connectivity index (χ0) is 95.0. The van der Waals surface area contributed by atoms with Crippen LogP contribution in [0.15, 0.2) is 8.83 Å². The second-order valence-corrected chi connectivity index (χ2v) is 49.6. The standard InChI is InChI=1S/2C15H23NO2S.2C15H23NOSSe.2C15H23NOSTe.6OS/c1-5-7-8-12(6-2)9-17-15-16-13-10(3)19-11(4)14(13)18-15;1-5-7-8-12(6-2)9-17-15-16-13-10(3)18-11(4)14(13)19-15;1-5-7-8-12(6-2)9-17-15-16-13-10(3)19-11(4)14(13)18-15;1-5-7-8-12(6-2)9-17-15-16-13-10(3)18-11(4)14(13)19-15;1-5-7-8-12(6-2)9-17-15-16-13-10(3)19-11(4)14(13)18-15;1-5-7-8-12(6-2)9-17-15-16-13-10(3)18-11(4)14(13)19-15;6*1-2/h6*12H,5-9H2,1-4H3;;;;;;. The van der Waals surface area contributed by atoms with Crippen molar-refractivity contribution in [1.29, 1.82) is 0 Å². The summed E-state index contributed by atoms with van der Waals surface area (Å²) in [5.74, 6) is 5.83. The normalized spacial score (nSPS) is 12.0. The number of nitrogens with zero attached hydrogens (tertiary/aromatic N) is 6. The van der Waals surface area contributed by atoms with Crippen molar-refractivity contribution < 1.29 is 62.5 Å².